The molecule has 1 aliphatic heterocycles. The average molecular weight is 188 g/mol. The Morgan fingerprint density at radius 3 is 3.14 bits per heavy atom. The molecule has 5 nitrogen and oxygen atoms in total. The number of hydrogen-bond acceptors (Lipinski definition) is 3. The van der Waals surface area contributed by atoms with Gasteiger partial charge in [0.15, 0.2) is 0 Å². The summed E-state index contributed by atoms with van der Waals surface area (Å²) in [5, 5.41) is 3.71. The van der Waals surface area contributed by atoms with E-state index in [9.17, 15) is 4.79 Å². The molecule has 0 aromatic carbocycles. The second kappa shape index (κ2) is 2.54. The van der Waals surface area contributed by atoms with Crippen molar-refractivity contribution in [3.63, 3.8) is 0 Å². The lowest BCUT2D eigenvalue weighted by molar-refractivity contribution is -0.116. The second-order valence-electron chi connectivity index (χ2n) is 3.31. The van der Waals surface area contributed by atoms with Gasteiger partial charge in [-0.15, -0.1) is 0 Å². The minimum Gasteiger partial charge on any atom is -0.346 e. The molecule has 2 N–H and O–H groups in total. The van der Waals surface area contributed by atoms with E-state index in [1.165, 1.54) is 6.33 Å². The monoisotopic (exact) mass is 188 g/mol. The Morgan fingerprint density at radius 2 is 2.21 bits per heavy atom. The van der Waals surface area contributed by atoms with Crippen LogP contribution >= 0.6 is 0 Å². The normalized spacial score (nSPS) is 15.3. The highest BCUT2D eigenvalue weighted by Crippen LogP contribution is 2.26. The fourth-order valence-electron chi connectivity index (χ4n) is 1.76. The van der Waals surface area contributed by atoms with Gasteiger partial charge in [0.05, 0.1) is 5.39 Å². The number of nitrogens with one attached hydrogen (secondary N) is 2. The minimum absolute atomic E-state index is 0.0150. The van der Waals surface area contributed by atoms with Crippen LogP contribution in [0.3, 0.4) is 0 Å². The standard InChI is InChI=1S/C9H8N4O/c14-6-2-1-5-3-10-8-7(5)9(13-6)12-4-11-8/h3-4H,1-2H2,(H2,10,11,12,13,14). The van der Waals surface area contributed by atoms with E-state index >= 15 is 0 Å². The Morgan fingerprint density at radius 1 is 1.29 bits per heavy atom. The average Bonchev–Trinajstić information content (AvgIpc) is 2.51. The Bertz CT molecular complexity index is 517. The summed E-state index contributed by atoms with van der Waals surface area (Å²) in [6.45, 7) is 0. The first-order chi connectivity index (χ1) is 6.84. The van der Waals surface area contributed by atoms with Gasteiger partial charge in [0, 0.05) is 12.6 Å². The lowest BCUT2D eigenvalue weighted by Crippen LogP contribution is -2.11. The molecule has 0 unspecified atom stereocenters. The number of aromatic nitrogens is 3. The van der Waals surface area contributed by atoms with Crippen molar-refractivity contribution in [2.75, 3.05) is 5.32 Å². The van der Waals surface area contributed by atoms with Crippen LogP contribution in [0.4, 0.5) is 5.82 Å². The van der Waals surface area contributed by atoms with Crippen LogP contribution in [-0.2, 0) is 11.2 Å². The van der Waals surface area contributed by atoms with Crippen molar-refractivity contribution in [2.45, 2.75) is 12.8 Å². The smallest absolute Gasteiger partial charge is 0.225 e. The third-order valence-corrected chi connectivity index (χ3v) is 2.43. The molecule has 14 heavy (non-hydrogen) atoms. The van der Waals surface area contributed by atoms with Crippen molar-refractivity contribution in [1.82, 2.24) is 15.0 Å². The topological polar surface area (TPSA) is 70.7 Å². The summed E-state index contributed by atoms with van der Waals surface area (Å²) in [5.41, 5.74) is 1.89. The molecule has 0 saturated heterocycles. The van der Waals surface area contributed by atoms with Gasteiger partial charge in [-0.1, -0.05) is 0 Å². The van der Waals surface area contributed by atoms with Crippen LogP contribution < -0.4 is 5.32 Å². The zero-order valence-electron chi connectivity index (χ0n) is 7.37. The first-order valence-corrected chi connectivity index (χ1v) is 4.45. The van der Waals surface area contributed by atoms with Gasteiger partial charge in [0.1, 0.15) is 17.8 Å². The van der Waals surface area contributed by atoms with E-state index in [0.29, 0.717) is 12.2 Å². The predicted octanol–water partition coefficient (Wildman–Crippen LogP) is 0.843. The number of aryl methyl sites for hydroxylation is 1. The molecule has 70 valence electrons. The molecule has 0 atom stereocenters. The molecular formula is C9H8N4O. The van der Waals surface area contributed by atoms with Crippen molar-refractivity contribution in [2.24, 2.45) is 0 Å². The highest BCUT2D eigenvalue weighted by Gasteiger charge is 2.17. The molecule has 1 aliphatic rings. The molecule has 0 bridgehead atoms. The van der Waals surface area contributed by atoms with Gasteiger partial charge in [0.25, 0.3) is 0 Å². The van der Waals surface area contributed by atoms with Crippen molar-refractivity contribution >= 4 is 22.8 Å². The number of aromatic amines is 1. The van der Waals surface area contributed by atoms with E-state index in [1.807, 2.05) is 6.20 Å². The van der Waals surface area contributed by atoms with E-state index in [4.69, 9.17) is 0 Å². The number of hydrogen-bond donors (Lipinski definition) is 2. The number of H-pyrrole nitrogens is 1. The van der Waals surface area contributed by atoms with Crippen LogP contribution in [0.1, 0.15) is 12.0 Å². The fourth-order valence-corrected chi connectivity index (χ4v) is 1.76. The number of carbonyl (C=O) groups excluding carboxylic acids is 1. The fraction of sp³-hybridized carbons (Fsp3) is 0.222. The van der Waals surface area contributed by atoms with Crippen LogP contribution in [0, 0.1) is 0 Å². The molecule has 0 saturated carbocycles. The number of rotatable bonds is 0. The van der Waals surface area contributed by atoms with Crippen LogP contribution in [0.5, 0.6) is 0 Å². The summed E-state index contributed by atoms with van der Waals surface area (Å²) < 4.78 is 0. The molecule has 2 aromatic heterocycles. The second-order valence-corrected chi connectivity index (χ2v) is 3.31. The van der Waals surface area contributed by atoms with Gasteiger partial charge >= 0.3 is 0 Å². The summed E-state index contributed by atoms with van der Waals surface area (Å²) in [6, 6.07) is 0. The van der Waals surface area contributed by atoms with Gasteiger partial charge in [0.2, 0.25) is 5.91 Å². The summed E-state index contributed by atoms with van der Waals surface area (Å²) in [7, 11) is 0. The maximum atomic E-state index is 11.3. The van der Waals surface area contributed by atoms with Gasteiger partial charge < -0.3 is 10.3 Å². The summed E-state index contributed by atoms with van der Waals surface area (Å²) in [5.74, 6) is 0.634. The molecular weight excluding hydrogens is 180 g/mol. The van der Waals surface area contributed by atoms with Crippen molar-refractivity contribution in [3.8, 4) is 0 Å². The molecule has 0 aliphatic carbocycles. The zero-order valence-corrected chi connectivity index (χ0v) is 7.37. The molecule has 3 heterocycles. The number of nitrogens with zero attached hydrogens (tertiary/aromatic N) is 2. The van der Waals surface area contributed by atoms with E-state index < -0.39 is 0 Å². The lowest BCUT2D eigenvalue weighted by atomic mass is 10.1. The maximum Gasteiger partial charge on any atom is 0.225 e. The van der Waals surface area contributed by atoms with Crippen LogP contribution in [0.25, 0.3) is 11.0 Å². The summed E-state index contributed by atoms with van der Waals surface area (Å²) in [4.78, 5) is 22.5. The van der Waals surface area contributed by atoms with Crippen molar-refractivity contribution in [1.29, 1.82) is 0 Å². The van der Waals surface area contributed by atoms with Crippen LogP contribution in [0.2, 0.25) is 0 Å². The molecule has 0 fully saturated rings. The van der Waals surface area contributed by atoms with Crippen LogP contribution in [-0.4, -0.2) is 20.9 Å². The van der Waals surface area contributed by atoms with Crippen LogP contribution in [0.15, 0.2) is 12.5 Å². The molecule has 2 aromatic rings. The van der Waals surface area contributed by atoms with E-state index in [2.05, 4.69) is 20.3 Å². The predicted molar refractivity (Wildman–Crippen MR) is 50.8 cm³/mol. The molecule has 1 amide bonds. The first-order valence-electron chi connectivity index (χ1n) is 4.45. The Kier molecular flexibility index (Phi) is 1.36. The van der Waals surface area contributed by atoms with E-state index in [1.54, 1.807) is 0 Å². The maximum absolute atomic E-state index is 11.3. The Hall–Kier alpha value is -1.91. The lowest BCUT2D eigenvalue weighted by Gasteiger charge is -2.00. The molecule has 0 radical (unpaired) electrons. The van der Waals surface area contributed by atoms with E-state index in [0.717, 1.165) is 23.0 Å². The highest BCUT2D eigenvalue weighted by molar-refractivity contribution is 6.01. The van der Waals surface area contributed by atoms with Gasteiger partial charge in [-0.3, -0.25) is 4.79 Å². The highest BCUT2D eigenvalue weighted by atomic mass is 16.1. The number of anilines is 1. The zero-order chi connectivity index (χ0) is 9.54. The van der Waals surface area contributed by atoms with E-state index in [-0.39, 0.29) is 5.91 Å². The number of carbonyl (C=O) groups is 1. The SMILES string of the molecule is O=C1CCc2c[nH]c3ncnc(c23)N1. The molecule has 3 rings (SSSR count). The van der Waals surface area contributed by atoms with Gasteiger partial charge in [-0.25, -0.2) is 9.97 Å². The molecule has 5 heteroatoms. The van der Waals surface area contributed by atoms with Gasteiger partial charge in [-0.05, 0) is 12.0 Å². The van der Waals surface area contributed by atoms with Gasteiger partial charge in [-0.2, -0.15) is 0 Å². The Balaban J connectivity index is 2.36. The quantitative estimate of drug-likeness (QED) is 0.643. The largest absolute Gasteiger partial charge is 0.346 e. The van der Waals surface area contributed by atoms with Crippen molar-refractivity contribution in [3.05, 3.63) is 18.1 Å². The minimum atomic E-state index is 0.0150. The summed E-state index contributed by atoms with van der Waals surface area (Å²) >= 11 is 0. The first kappa shape index (κ1) is 7.49. The molecule has 0 spiro atoms. The number of amides is 1. The Labute approximate surface area is 79.6 Å². The summed E-state index contributed by atoms with van der Waals surface area (Å²) in [6.07, 6.45) is 4.59. The third kappa shape index (κ3) is 0.921. The van der Waals surface area contributed by atoms with Crippen molar-refractivity contribution < 1.29 is 4.79 Å². The third-order valence-electron chi connectivity index (χ3n) is 2.43.